The molecule has 0 fully saturated rings. The van der Waals surface area contributed by atoms with E-state index in [0.717, 1.165) is 12.0 Å². The normalized spacial score (nSPS) is 12.8. The number of esters is 1. The Morgan fingerprint density at radius 1 is 1.12 bits per heavy atom. The fraction of sp³-hybridized carbons (Fsp3) is 0.263. The lowest BCUT2D eigenvalue weighted by atomic mass is 10.1. The van der Waals surface area contributed by atoms with Crippen molar-refractivity contribution >= 4 is 23.5 Å². The van der Waals surface area contributed by atoms with Gasteiger partial charge in [0.25, 0.3) is 5.91 Å². The van der Waals surface area contributed by atoms with Gasteiger partial charge >= 0.3 is 5.97 Å². The maximum Gasteiger partial charge on any atom is 0.337 e. The van der Waals surface area contributed by atoms with Gasteiger partial charge in [-0.15, -0.1) is 0 Å². The zero-order chi connectivity index (χ0) is 18.5. The third-order valence-corrected chi connectivity index (χ3v) is 4.16. The third-order valence-electron chi connectivity index (χ3n) is 3.88. The van der Waals surface area contributed by atoms with Crippen molar-refractivity contribution in [2.45, 2.75) is 13.0 Å². The van der Waals surface area contributed by atoms with Gasteiger partial charge in [0.2, 0.25) is 0 Å². The van der Waals surface area contributed by atoms with E-state index in [-0.39, 0.29) is 12.5 Å². The summed E-state index contributed by atoms with van der Waals surface area (Å²) in [6.07, 6.45) is 0.790. The van der Waals surface area contributed by atoms with Crippen molar-refractivity contribution in [2.75, 3.05) is 20.3 Å². The lowest BCUT2D eigenvalue weighted by Gasteiger charge is -2.12. The Morgan fingerprint density at radius 3 is 2.54 bits per heavy atom. The predicted molar refractivity (Wildman–Crippen MR) is 96.0 cm³/mol. The lowest BCUT2D eigenvalue weighted by Crippen LogP contribution is -2.22. The molecule has 0 radical (unpaired) electrons. The molecule has 6 nitrogen and oxygen atoms in total. The summed E-state index contributed by atoms with van der Waals surface area (Å²) in [6.45, 7) is 1.41. The molecule has 0 saturated heterocycles. The van der Waals surface area contributed by atoms with Crippen LogP contribution < -0.4 is 14.8 Å². The van der Waals surface area contributed by atoms with Gasteiger partial charge in [-0.05, 0) is 42.0 Å². The predicted octanol–water partition coefficient (Wildman–Crippen LogP) is 3.22. The van der Waals surface area contributed by atoms with E-state index in [0.29, 0.717) is 40.9 Å². The molecule has 0 bridgehead atoms. The number of fused-ring (bicyclic) bond motifs is 1. The second kappa shape index (κ2) is 8.10. The zero-order valence-electron chi connectivity index (χ0n) is 14.2. The molecule has 26 heavy (non-hydrogen) atoms. The van der Waals surface area contributed by atoms with Gasteiger partial charge in [-0.3, -0.25) is 4.79 Å². The molecule has 1 aliphatic rings. The molecule has 0 aromatic heterocycles. The highest BCUT2D eigenvalue weighted by molar-refractivity contribution is 6.32. The van der Waals surface area contributed by atoms with E-state index in [9.17, 15) is 9.59 Å². The molecule has 1 heterocycles. The maximum atomic E-state index is 12.3. The monoisotopic (exact) mass is 375 g/mol. The molecule has 2 aromatic rings. The number of rotatable bonds is 4. The molecule has 2 aromatic carbocycles. The van der Waals surface area contributed by atoms with Crippen LogP contribution in [0.1, 0.15) is 32.7 Å². The van der Waals surface area contributed by atoms with Gasteiger partial charge in [-0.2, -0.15) is 0 Å². The molecular formula is C19H18ClNO5. The van der Waals surface area contributed by atoms with Gasteiger partial charge in [-0.25, -0.2) is 4.79 Å². The van der Waals surface area contributed by atoms with E-state index >= 15 is 0 Å². The minimum Gasteiger partial charge on any atom is -0.489 e. The highest BCUT2D eigenvalue weighted by atomic mass is 35.5. The summed E-state index contributed by atoms with van der Waals surface area (Å²) in [5.74, 6) is 0.419. The van der Waals surface area contributed by atoms with Gasteiger partial charge in [0.1, 0.15) is 0 Å². The van der Waals surface area contributed by atoms with E-state index in [1.54, 1.807) is 30.3 Å². The Hall–Kier alpha value is -2.73. The van der Waals surface area contributed by atoms with E-state index in [1.807, 2.05) is 6.07 Å². The zero-order valence-corrected chi connectivity index (χ0v) is 15.0. The van der Waals surface area contributed by atoms with Gasteiger partial charge < -0.3 is 19.5 Å². The molecular weight excluding hydrogens is 358 g/mol. The van der Waals surface area contributed by atoms with Crippen LogP contribution in [0.4, 0.5) is 0 Å². The Kier molecular flexibility index (Phi) is 5.63. The minimum atomic E-state index is -0.446. The molecule has 0 aliphatic carbocycles. The fourth-order valence-corrected chi connectivity index (χ4v) is 2.83. The SMILES string of the molecule is COC(=O)c1ccc(C(=O)NCc2cc(Cl)c3c(c2)OCCCO3)cc1. The first-order chi connectivity index (χ1) is 12.6. The molecule has 7 heteroatoms. The minimum absolute atomic E-state index is 0.260. The Labute approximate surface area is 156 Å². The van der Waals surface area contributed by atoms with E-state index in [1.165, 1.54) is 7.11 Å². The van der Waals surface area contributed by atoms with E-state index in [4.69, 9.17) is 21.1 Å². The standard InChI is InChI=1S/C19H18ClNO5/c1-24-19(23)14-5-3-13(4-6-14)18(22)21-11-12-9-15(20)17-16(10-12)25-7-2-8-26-17/h3-6,9-10H,2,7-8,11H2,1H3,(H,21,22). The van der Waals surface area contributed by atoms with Crippen molar-refractivity contribution in [3.63, 3.8) is 0 Å². The van der Waals surface area contributed by atoms with Crippen LogP contribution in [0.3, 0.4) is 0 Å². The van der Waals surface area contributed by atoms with Crippen LogP contribution in [0.25, 0.3) is 0 Å². The highest BCUT2D eigenvalue weighted by Crippen LogP contribution is 2.37. The molecule has 1 N–H and O–H groups in total. The van der Waals surface area contributed by atoms with Gasteiger partial charge in [0.15, 0.2) is 11.5 Å². The summed E-state index contributed by atoms with van der Waals surface area (Å²) < 4.78 is 15.9. The molecule has 3 rings (SSSR count). The molecule has 1 aliphatic heterocycles. The van der Waals surface area contributed by atoms with E-state index < -0.39 is 5.97 Å². The number of benzene rings is 2. The summed E-state index contributed by atoms with van der Waals surface area (Å²) in [6, 6.07) is 9.80. The quantitative estimate of drug-likeness (QED) is 0.830. The average molecular weight is 376 g/mol. The topological polar surface area (TPSA) is 73.9 Å². The van der Waals surface area contributed by atoms with Gasteiger partial charge in [0.05, 0.1) is 30.9 Å². The lowest BCUT2D eigenvalue weighted by molar-refractivity contribution is 0.0600. The van der Waals surface area contributed by atoms with Crippen LogP contribution in [0, 0.1) is 0 Å². The van der Waals surface area contributed by atoms with Crippen molar-refractivity contribution in [3.05, 3.63) is 58.1 Å². The van der Waals surface area contributed by atoms with Gasteiger partial charge in [-0.1, -0.05) is 11.6 Å². The first-order valence-electron chi connectivity index (χ1n) is 8.13. The molecule has 0 atom stereocenters. The number of halogens is 1. The number of methoxy groups -OCH3 is 1. The summed E-state index contributed by atoms with van der Waals surface area (Å²) >= 11 is 6.25. The molecule has 0 unspecified atom stereocenters. The smallest absolute Gasteiger partial charge is 0.337 e. The van der Waals surface area contributed by atoms with Crippen molar-refractivity contribution < 1.29 is 23.8 Å². The maximum absolute atomic E-state index is 12.3. The number of amides is 1. The first-order valence-corrected chi connectivity index (χ1v) is 8.51. The molecule has 0 saturated carbocycles. The fourth-order valence-electron chi connectivity index (χ4n) is 2.55. The Morgan fingerprint density at radius 2 is 1.81 bits per heavy atom. The highest BCUT2D eigenvalue weighted by Gasteiger charge is 2.16. The molecule has 1 amide bonds. The number of hydrogen-bond donors (Lipinski definition) is 1. The van der Waals surface area contributed by atoms with Crippen molar-refractivity contribution in [1.82, 2.24) is 5.32 Å². The molecule has 136 valence electrons. The molecule has 0 spiro atoms. The van der Waals surface area contributed by atoms with Crippen molar-refractivity contribution in [1.29, 1.82) is 0 Å². The summed E-state index contributed by atoms with van der Waals surface area (Å²) in [5, 5.41) is 3.27. The van der Waals surface area contributed by atoms with Crippen LogP contribution in [-0.2, 0) is 11.3 Å². The van der Waals surface area contributed by atoms with Crippen molar-refractivity contribution in [2.24, 2.45) is 0 Å². The number of ether oxygens (including phenoxy) is 3. The second-order valence-electron chi connectivity index (χ2n) is 5.71. The summed E-state index contributed by atoms with van der Waals surface area (Å²) in [7, 11) is 1.31. The van der Waals surface area contributed by atoms with Crippen LogP contribution in [0.2, 0.25) is 5.02 Å². The number of nitrogens with one attached hydrogen (secondary N) is 1. The van der Waals surface area contributed by atoms with Crippen LogP contribution in [-0.4, -0.2) is 32.2 Å². The number of carbonyl (C=O) groups excluding carboxylic acids is 2. The number of carbonyl (C=O) groups is 2. The second-order valence-corrected chi connectivity index (χ2v) is 6.11. The Balaban J connectivity index is 1.67. The summed E-state index contributed by atoms with van der Waals surface area (Å²) in [4.78, 5) is 23.7. The number of hydrogen-bond acceptors (Lipinski definition) is 5. The largest absolute Gasteiger partial charge is 0.489 e. The van der Waals surface area contributed by atoms with Crippen molar-refractivity contribution in [3.8, 4) is 11.5 Å². The average Bonchev–Trinajstić information content (AvgIpc) is 2.91. The van der Waals surface area contributed by atoms with Gasteiger partial charge in [0, 0.05) is 18.5 Å². The first kappa shape index (κ1) is 18.1. The summed E-state index contributed by atoms with van der Waals surface area (Å²) in [5.41, 5.74) is 1.63. The van der Waals surface area contributed by atoms with E-state index in [2.05, 4.69) is 10.1 Å². The van der Waals surface area contributed by atoms with Crippen LogP contribution in [0.15, 0.2) is 36.4 Å². The Bertz CT molecular complexity index is 819. The van der Waals surface area contributed by atoms with Crippen LogP contribution >= 0.6 is 11.6 Å². The third kappa shape index (κ3) is 4.08. The van der Waals surface area contributed by atoms with Crippen LogP contribution in [0.5, 0.6) is 11.5 Å².